The van der Waals surface area contributed by atoms with Crippen LogP contribution in [-0.4, -0.2) is 38.4 Å². The second-order valence-electron chi connectivity index (χ2n) is 16.0. The zero-order valence-electron chi connectivity index (χ0n) is 40.3. The van der Waals surface area contributed by atoms with Crippen LogP contribution in [0.1, 0.15) is 47.9 Å². The van der Waals surface area contributed by atoms with Crippen LogP contribution >= 0.6 is 0 Å². The molecule has 6 aromatic carbocycles. The fourth-order valence-electron chi connectivity index (χ4n) is 6.39. The smallest absolute Gasteiger partial charge is 0.420 e. The third kappa shape index (κ3) is 17.5. The largest absolute Gasteiger partial charge is 0.493 e. The van der Waals surface area contributed by atoms with E-state index in [-0.39, 0.29) is 24.7 Å². The zero-order chi connectivity index (χ0) is 52.0. The molecule has 6 aromatic rings. The second-order valence-corrected chi connectivity index (χ2v) is 16.0. The second kappa shape index (κ2) is 26.9. The summed E-state index contributed by atoms with van der Waals surface area (Å²) in [6.45, 7) is 13.4. The molecule has 0 atom stereocenters. The Kier molecular flexibility index (Phi) is 19.7. The number of hydrogen-bond donors (Lipinski definition) is 0. The molecule has 0 bridgehead atoms. The minimum absolute atomic E-state index is 0.000120. The molecule has 0 aliphatic rings. The first-order valence-corrected chi connectivity index (χ1v) is 22.9. The monoisotopic (exact) mass is 992 g/mol. The number of aryl methyl sites for hydroxylation is 3. The number of carbonyl (C=O) groups is 2. The van der Waals surface area contributed by atoms with Gasteiger partial charge in [-0.2, -0.15) is 64.3 Å². The van der Waals surface area contributed by atoms with Gasteiger partial charge in [0.05, 0.1) is 88.9 Å². The normalized spacial score (nSPS) is 11.8. The number of halogens is 3. The van der Waals surface area contributed by atoms with Crippen LogP contribution in [0, 0.1) is 20.8 Å². The maximum absolute atomic E-state index is 13.8. The average molecular weight is 993 g/mol. The molecule has 0 fully saturated rings. The molecule has 0 radical (unpaired) electrons. The molecule has 6 rings (SSSR count). The fraction of sp³-hybridized carbons (Fsp3) is 0.222. The van der Waals surface area contributed by atoms with Crippen molar-refractivity contribution in [2.24, 2.45) is 51.1 Å². The van der Waals surface area contributed by atoms with Crippen molar-refractivity contribution in [2.45, 2.75) is 52.6 Å². The summed E-state index contributed by atoms with van der Waals surface area (Å²) in [5, 5.41) is 43.1. The van der Waals surface area contributed by atoms with E-state index < -0.39 is 23.7 Å². The molecule has 0 aromatic heterocycles. The van der Waals surface area contributed by atoms with Gasteiger partial charge in [-0.15, -0.1) is 0 Å². The van der Waals surface area contributed by atoms with Crippen LogP contribution in [0.2, 0.25) is 0 Å². The van der Waals surface area contributed by atoms with E-state index in [1.165, 1.54) is 12.1 Å². The van der Waals surface area contributed by atoms with E-state index in [9.17, 15) is 22.8 Å². The molecule has 0 saturated heterocycles. The molecule has 0 amide bonds. The highest BCUT2D eigenvalue weighted by molar-refractivity contribution is 5.81. The minimum atomic E-state index is -4.68. The zero-order valence-corrected chi connectivity index (χ0v) is 40.3. The summed E-state index contributed by atoms with van der Waals surface area (Å²) in [5.41, 5.74) is 7.10. The Morgan fingerprint density at radius 3 is 1.14 bits per heavy atom. The molecule has 73 heavy (non-hydrogen) atoms. The lowest BCUT2D eigenvalue weighted by atomic mass is 10.1. The number of hydrogen-bond acceptors (Lipinski definition) is 16. The van der Waals surface area contributed by atoms with Crippen molar-refractivity contribution < 1.29 is 41.7 Å². The lowest BCUT2D eigenvalue weighted by Gasteiger charge is -2.14. The van der Waals surface area contributed by atoms with Crippen LogP contribution in [-0.2, 0) is 25.2 Å². The molecule has 16 nitrogen and oxygen atoms in total. The van der Waals surface area contributed by atoms with Gasteiger partial charge < -0.3 is 18.9 Å². The fourth-order valence-corrected chi connectivity index (χ4v) is 6.39. The molecule has 0 heterocycles. The topological polar surface area (TPSA) is 195 Å². The number of carbonyl (C=O) groups excluding carboxylic acids is 2. The average Bonchev–Trinajstić information content (AvgIpc) is 3.39. The predicted octanol–water partition coefficient (Wildman–Crippen LogP) is 17.5. The number of ether oxygens (including phenoxy) is 4. The standard InChI is InChI=1S/C54H51F3N10O6/c1-6-52(68)72-30-10-8-28-70-50-26-22-45(34-38(50)5)65-67-49-25-21-44(33-37(49)4)63-59-40-16-18-42(19-17-40)61-66-48-24-20-43(32-36(48)3)62-58-39-12-14-41(15-13-39)60-64-46-23-27-51(47(35-46)54(55,56)57)71-29-9-11-31-73-53(69)7-2/h6-7,12-27,32-35H,1-2,8-11,28-31H2,3-5H3. The molecule has 0 aliphatic carbocycles. The summed E-state index contributed by atoms with van der Waals surface area (Å²) in [7, 11) is 0. The van der Waals surface area contributed by atoms with Gasteiger partial charge in [0.15, 0.2) is 0 Å². The first-order chi connectivity index (χ1) is 35.3. The van der Waals surface area contributed by atoms with Crippen molar-refractivity contribution >= 4 is 68.8 Å². The highest BCUT2D eigenvalue weighted by Crippen LogP contribution is 2.39. The van der Waals surface area contributed by atoms with Crippen LogP contribution in [0.5, 0.6) is 11.5 Å². The van der Waals surface area contributed by atoms with Gasteiger partial charge in [-0.05, 0) is 184 Å². The highest BCUT2D eigenvalue weighted by Gasteiger charge is 2.35. The van der Waals surface area contributed by atoms with Gasteiger partial charge >= 0.3 is 18.1 Å². The van der Waals surface area contributed by atoms with Crippen molar-refractivity contribution in [3.63, 3.8) is 0 Å². The Balaban J connectivity index is 0.954. The SMILES string of the molecule is C=CC(=O)OCCCCOc1ccc(N=Nc2ccc(N=Nc3ccc(N=Nc4ccc(N=Nc5ccc(N=Nc6ccc(OCCCCOC(=O)C=C)c(C(F)(F)F)c6)cc5)cc4C)cc3)cc2C)cc1C. The molecular weight excluding hydrogens is 942 g/mol. The first kappa shape index (κ1) is 53.5. The van der Waals surface area contributed by atoms with E-state index in [0.717, 1.165) is 47.1 Å². The van der Waals surface area contributed by atoms with Gasteiger partial charge in [-0.3, -0.25) is 0 Å². The Morgan fingerprint density at radius 1 is 0.425 bits per heavy atom. The van der Waals surface area contributed by atoms with Gasteiger partial charge in [-0.1, -0.05) is 13.2 Å². The van der Waals surface area contributed by atoms with E-state index >= 15 is 0 Å². The van der Waals surface area contributed by atoms with Gasteiger partial charge in [0.1, 0.15) is 11.5 Å². The van der Waals surface area contributed by atoms with Crippen molar-refractivity contribution in [1.82, 2.24) is 0 Å². The molecule has 19 heteroatoms. The number of rotatable bonds is 24. The number of alkyl halides is 3. The van der Waals surface area contributed by atoms with Gasteiger partial charge in [0.2, 0.25) is 0 Å². The highest BCUT2D eigenvalue weighted by atomic mass is 19.4. The maximum Gasteiger partial charge on any atom is 0.420 e. The molecule has 0 spiro atoms. The van der Waals surface area contributed by atoms with Crippen molar-refractivity contribution in [3.05, 3.63) is 169 Å². The van der Waals surface area contributed by atoms with Crippen LogP contribution in [0.25, 0.3) is 0 Å². The first-order valence-electron chi connectivity index (χ1n) is 22.9. The van der Waals surface area contributed by atoms with Gasteiger partial charge in [0.25, 0.3) is 0 Å². The third-order valence-corrected chi connectivity index (χ3v) is 10.3. The van der Waals surface area contributed by atoms with Gasteiger partial charge in [0, 0.05) is 12.2 Å². The molecule has 0 N–H and O–H groups in total. The van der Waals surface area contributed by atoms with Crippen molar-refractivity contribution in [2.75, 3.05) is 26.4 Å². The minimum Gasteiger partial charge on any atom is -0.493 e. The van der Waals surface area contributed by atoms with E-state index in [1.54, 1.807) is 60.7 Å². The molecular formula is C54H51F3N10O6. The summed E-state index contributed by atoms with van der Waals surface area (Å²) in [6.07, 6.45) is -0.272. The van der Waals surface area contributed by atoms with E-state index in [0.29, 0.717) is 83.7 Å². The molecule has 0 saturated carbocycles. The Morgan fingerprint density at radius 2 is 0.740 bits per heavy atom. The number of unbranched alkanes of at least 4 members (excludes halogenated alkanes) is 2. The molecule has 0 aliphatic heterocycles. The summed E-state index contributed by atoms with van der Waals surface area (Å²) >= 11 is 0. The lowest BCUT2D eigenvalue weighted by Crippen LogP contribution is -2.10. The number of nitrogens with zero attached hydrogens (tertiary/aromatic N) is 10. The predicted molar refractivity (Wildman–Crippen MR) is 271 cm³/mol. The number of benzene rings is 6. The number of esters is 2. The Bertz CT molecular complexity index is 3030. The Hall–Kier alpha value is -8.87. The summed E-state index contributed by atoms with van der Waals surface area (Å²) < 4.78 is 62.6. The van der Waals surface area contributed by atoms with Gasteiger partial charge in [-0.25, -0.2) is 9.59 Å². The van der Waals surface area contributed by atoms with E-state index in [4.69, 9.17) is 18.9 Å². The van der Waals surface area contributed by atoms with Crippen LogP contribution < -0.4 is 9.47 Å². The summed E-state index contributed by atoms with van der Waals surface area (Å²) in [4.78, 5) is 22.2. The van der Waals surface area contributed by atoms with Crippen molar-refractivity contribution in [1.29, 1.82) is 0 Å². The van der Waals surface area contributed by atoms with Crippen molar-refractivity contribution in [3.8, 4) is 11.5 Å². The third-order valence-electron chi connectivity index (χ3n) is 10.3. The van der Waals surface area contributed by atoms with Crippen LogP contribution in [0.3, 0.4) is 0 Å². The van der Waals surface area contributed by atoms with Crippen LogP contribution in [0.4, 0.5) is 70.0 Å². The van der Waals surface area contributed by atoms with E-state index in [2.05, 4.69) is 64.3 Å². The molecule has 374 valence electrons. The summed E-state index contributed by atoms with van der Waals surface area (Å²) in [5.74, 6) is -0.577. The maximum atomic E-state index is 13.8. The summed E-state index contributed by atoms with van der Waals surface area (Å²) in [6, 6.07) is 33.7. The Labute approximate surface area is 419 Å². The lowest BCUT2D eigenvalue weighted by molar-refractivity contribution is -0.139. The molecule has 0 unspecified atom stereocenters. The quantitative estimate of drug-likeness (QED) is 0.0250. The number of azo groups is 5. The van der Waals surface area contributed by atoms with E-state index in [1.807, 2.05) is 63.2 Å². The van der Waals surface area contributed by atoms with Crippen LogP contribution in [0.15, 0.2) is 198 Å².